The number of ether oxygens (including phenoxy) is 1. The van der Waals surface area contributed by atoms with Crippen molar-refractivity contribution in [3.05, 3.63) is 0 Å². The van der Waals surface area contributed by atoms with Crippen LogP contribution in [0.25, 0.3) is 0 Å². The highest BCUT2D eigenvalue weighted by molar-refractivity contribution is 6.04. The summed E-state index contributed by atoms with van der Waals surface area (Å²) in [4.78, 5) is 23.9. The normalized spacial score (nSPS) is 19.9. The number of amides is 2. The molecule has 1 saturated heterocycles. The van der Waals surface area contributed by atoms with E-state index in [4.69, 9.17) is 4.74 Å². The SMILES string of the molecule is CC(C)NC(=O)C(C)(C)C(=O)NCC1CCCO1. The highest BCUT2D eigenvalue weighted by atomic mass is 16.5. The van der Waals surface area contributed by atoms with E-state index in [1.807, 2.05) is 13.8 Å². The third kappa shape index (κ3) is 3.98. The Morgan fingerprint density at radius 2 is 2.00 bits per heavy atom. The van der Waals surface area contributed by atoms with Crippen LogP contribution in [0.15, 0.2) is 0 Å². The van der Waals surface area contributed by atoms with Gasteiger partial charge in [0.05, 0.1) is 6.10 Å². The van der Waals surface area contributed by atoms with Crippen LogP contribution in [0, 0.1) is 5.41 Å². The minimum atomic E-state index is -1.05. The largest absolute Gasteiger partial charge is 0.376 e. The van der Waals surface area contributed by atoms with Crippen molar-refractivity contribution < 1.29 is 14.3 Å². The highest BCUT2D eigenvalue weighted by Gasteiger charge is 2.36. The standard InChI is InChI=1S/C13H24N2O3/c1-9(2)15-12(17)13(3,4)11(16)14-8-10-6-5-7-18-10/h9-10H,5-8H2,1-4H3,(H,14,16)(H,15,17). The van der Waals surface area contributed by atoms with Gasteiger partial charge in [-0.15, -0.1) is 0 Å². The second kappa shape index (κ2) is 6.18. The number of carbonyl (C=O) groups excluding carboxylic acids is 2. The highest BCUT2D eigenvalue weighted by Crippen LogP contribution is 2.17. The van der Waals surface area contributed by atoms with Gasteiger partial charge in [0.1, 0.15) is 5.41 Å². The van der Waals surface area contributed by atoms with Crippen LogP contribution in [0.1, 0.15) is 40.5 Å². The zero-order valence-corrected chi connectivity index (χ0v) is 11.7. The summed E-state index contributed by atoms with van der Waals surface area (Å²) in [6.07, 6.45) is 2.11. The molecule has 18 heavy (non-hydrogen) atoms. The molecule has 104 valence electrons. The van der Waals surface area contributed by atoms with E-state index in [1.54, 1.807) is 13.8 Å². The molecular formula is C13H24N2O3. The van der Waals surface area contributed by atoms with Gasteiger partial charge in [-0.2, -0.15) is 0 Å². The van der Waals surface area contributed by atoms with E-state index >= 15 is 0 Å². The molecule has 0 saturated carbocycles. The minimum Gasteiger partial charge on any atom is -0.376 e. The van der Waals surface area contributed by atoms with E-state index in [2.05, 4.69) is 10.6 Å². The number of nitrogens with one attached hydrogen (secondary N) is 2. The van der Waals surface area contributed by atoms with Crippen LogP contribution in [0.4, 0.5) is 0 Å². The Morgan fingerprint density at radius 3 is 2.50 bits per heavy atom. The summed E-state index contributed by atoms with van der Waals surface area (Å²) in [5.41, 5.74) is -1.05. The second-order valence-electron chi connectivity index (χ2n) is 5.60. The lowest BCUT2D eigenvalue weighted by atomic mass is 9.90. The monoisotopic (exact) mass is 256 g/mol. The van der Waals surface area contributed by atoms with Gasteiger partial charge in [-0.25, -0.2) is 0 Å². The van der Waals surface area contributed by atoms with Crippen LogP contribution in [-0.4, -0.2) is 37.1 Å². The molecule has 1 rings (SSSR count). The van der Waals surface area contributed by atoms with Crippen molar-refractivity contribution in [3.8, 4) is 0 Å². The van der Waals surface area contributed by atoms with Gasteiger partial charge in [0.25, 0.3) is 0 Å². The van der Waals surface area contributed by atoms with E-state index in [-0.39, 0.29) is 24.0 Å². The van der Waals surface area contributed by atoms with Crippen molar-refractivity contribution in [2.75, 3.05) is 13.2 Å². The molecule has 1 atom stereocenters. The van der Waals surface area contributed by atoms with Gasteiger partial charge < -0.3 is 15.4 Å². The van der Waals surface area contributed by atoms with Crippen molar-refractivity contribution >= 4 is 11.8 Å². The van der Waals surface area contributed by atoms with Gasteiger partial charge in [0, 0.05) is 19.2 Å². The zero-order chi connectivity index (χ0) is 13.8. The van der Waals surface area contributed by atoms with E-state index in [0.29, 0.717) is 6.54 Å². The maximum Gasteiger partial charge on any atom is 0.235 e. The first-order valence-electron chi connectivity index (χ1n) is 6.55. The quantitative estimate of drug-likeness (QED) is 0.716. The van der Waals surface area contributed by atoms with Crippen molar-refractivity contribution in [3.63, 3.8) is 0 Å². The van der Waals surface area contributed by atoms with Crippen molar-refractivity contribution in [1.82, 2.24) is 10.6 Å². The Morgan fingerprint density at radius 1 is 1.33 bits per heavy atom. The number of hydrogen-bond acceptors (Lipinski definition) is 3. The molecule has 0 aromatic rings. The molecule has 0 spiro atoms. The number of carbonyl (C=O) groups is 2. The Balaban J connectivity index is 2.44. The molecule has 1 unspecified atom stereocenters. The fourth-order valence-electron chi connectivity index (χ4n) is 1.78. The van der Waals surface area contributed by atoms with E-state index in [0.717, 1.165) is 19.4 Å². The maximum absolute atomic E-state index is 12.0. The average Bonchev–Trinajstić information content (AvgIpc) is 2.77. The predicted octanol–water partition coefficient (Wildman–Crippen LogP) is 0.832. The van der Waals surface area contributed by atoms with Gasteiger partial charge in [0.2, 0.25) is 11.8 Å². The van der Waals surface area contributed by atoms with Gasteiger partial charge in [-0.3, -0.25) is 9.59 Å². The summed E-state index contributed by atoms with van der Waals surface area (Å²) in [5.74, 6) is -0.501. The van der Waals surface area contributed by atoms with Crippen molar-refractivity contribution in [2.45, 2.75) is 52.7 Å². The van der Waals surface area contributed by atoms with Crippen LogP contribution in [0.2, 0.25) is 0 Å². The van der Waals surface area contributed by atoms with Crippen LogP contribution in [-0.2, 0) is 14.3 Å². The minimum absolute atomic E-state index is 0.0303. The fraction of sp³-hybridized carbons (Fsp3) is 0.846. The first-order chi connectivity index (χ1) is 8.34. The summed E-state index contributed by atoms with van der Waals surface area (Å²) in [7, 11) is 0. The van der Waals surface area contributed by atoms with Crippen molar-refractivity contribution in [2.24, 2.45) is 5.41 Å². The smallest absolute Gasteiger partial charge is 0.235 e. The summed E-state index contributed by atoms with van der Waals surface area (Å²) in [6.45, 7) is 8.26. The molecule has 1 heterocycles. The molecule has 2 amide bonds. The first kappa shape index (κ1) is 15.0. The van der Waals surface area contributed by atoms with Gasteiger partial charge >= 0.3 is 0 Å². The summed E-state index contributed by atoms with van der Waals surface area (Å²) < 4.78 is 5.43. The lowest BCUT2D eigenvalue weighted by molar-refractivity contribution is -0.141. The molecule has 2 N–H and O–H groups in total. The van der Waals surface area contributed by atoms with Crippen LogP contribution in [0.3, 0.4) is 0 Å². The summed E-state index contributed by atoms with van der Waals surface area (Å²) in [5, 5.41) is 5.56. The molecule has 1 aliphatic heterocycles. The third-order valence-electron chi connectivity index (χ3n) is 3.07. The van der Waals surface area contributed by atoms with Crippen LogP contribution in [0.5, 0.6) is 0 Å². The number of hydrogen-bond donors (Lipinski definition) is 2. The molecule has 0 radical (unpaired) electrons. The summed E-state index contributed by atoms with van der Waals surface area (Å²) >= 11 is 0. The number of rotatable bonds is 5. The fourth-order valence-corrected chi connectivity index (χ4v) is 1.78. The van der Waals surface area contributed by atoms with Gasteiger partial charge in [-0.1, -0.05) is 0 Å². The molecule has 5 heteroatoms. The van der Waals surface area contributed by atoms with Crippen molar-refractivity contribution in [1.29, 1.82) is 0 Å². The predicted molar refractivity (Wildman–Crippen MR) is 69.0 cm³/mol. The topological polar surface area (TPSA) is 67.4 Å². The van der Waals surface area contributed by atoms with Crippen LogP contribution >= 0.6 is 0 Å². The Hall–Kier alpha value is -1.10. The molecule has 0 bridgehead atoms. The van der Waals surface area contributed by atoms with E-state index < -0.39 is 5.41 Å². The van der Waals surface area contributed by atoms with E-state index in [9.17, 15) is 9.59 Å². The molecular weight excluding hydrogens is 232 g/mol. The third-order valence-corrected chi connectivity index (χ3v) is 3.07. The van der Waals surface area contributed by atoms with Gasteiger partial charge in [-0.05, 0) is 40.5 Å². The molecule has 0 aliphatic carbocycles. The Bertz CT molecular complexity index is 307. The summed E-state index contributed by atoms with van der Waals surface area (Å²) in [6, 6.07) is 0.0303. The average molecular weight is 256 g/mol. The first-order valence-corrected chi connectivity index (χ1v) is 6.55. The maximum atomic E-state index is 12.0. The molecule has 0 aromatic heterocycles. The second-order valence-corrected chi connectivity index (χ2v) is 5.60. The van der Waals surface area contributed by atoms with Crippen LogP contribution < -0.4 is 10.6 Å². The Kier molecular flexibility index (Phi) is 5.14. The molecule has 0 aromatic carbocycles. The molecule has 1 aliphatic rings. The molecule has 1 fully saturated rings. The lowest BCUT2D eigenvalue weighted by Gasteiger charge is -2.24. The Labute approximate surface area is 109 Å². The van der Waals surface area contributed by atoms with Gasteiger partial charge in [0.15, 0.2) is 0 Å². The zero-order valence-electron chi connectivity index (χ0n) is 11.7. The molecule has 5 nitrogen and oxygen atoms in total. The lowest BCUT2D eigenvalue weighted by Crippen LogP contribution is -2.50. The van der Waals surface area contributed by atoms with E-state index in [1.165, 1.54) is 0 Å².